The SMILES string of the molecule is Cc1sc(NC(=O)C2CC2)c(C(=O)N2CC[C@]3(CCOC3)C2)c1C. The smallest absolute Gasteiger partial charge is 0.257 e. The number of aryl methyl sites for hydroxylation is 1. The molecule has 1 atom stereocenters. The molecule has 130 valence electrons. The van der Waals surface area contributed by atoms with E-state index in [9.17, 15) is 9.59 Å². The number of nitrogens with zero attached hydrogens (tertiary/aromatic N) is 1. The summed E-state index contributed by atoms with van der Waals surface area (Å²) in [5, 5.41) is 3.74. The zero-order chi connectivity index (χ0) is 16.9. The second kappa shape index (κ2) is 5.85. The van der Waals surface area contributed by atoms with Gasteiger partial charge in [-0.1, -0.05) is 0 Å². The maximum Gasteiger partial charge on any atom is 0.257 e. The number of ether oxygens (including phenoxy) is 1. The lowest BCUT2D eigenvalue weighted by Crippen LogP contribution is -2.33. The van der Waals surface area contributed by atoms with Crippen molar-refractivity contribution in [3.63, 3.8) is 0 Å². The van der Waals surface area contributed by atoms with Crippen molar-refractivity contribution >= 4 is 28.2 Å². The highest BCUT2D eigenvalue weighted by Crippen LogP contribution is 2.41. The van der Waals surface area contributed by atoms with E-state index in [2.05, 4.69) is 5.32 Å². The van der Waals surface area contributed by atoms with Crippen LogP contribution in [0.5, 0.6) is 0 Å². The van der Waals surface area contributed by atoms with Crippen molar-refractivity contribution in [3.8, 4) is 0 Å². The first kappa shape index (κ1) is 16.1. The minimum atomic E-state index is 0.0618. The topological polar surface area (TPSA) is 58.6 Å². The van der Waals surface area contributed by atoms with E-state index in [1.165, 1.54) is 11.3 Å². The van der Waals surface area contributed by atoms with Gasteiger partial charge in [-0.05, 0) is 45.1 Å². The number of carbonyl (C=O) groups excluding carboxylic acids is 2. The summed E-state index contributed by atoms with van der Waals surface area (Å²) in [7, 11) is 0. The van der Waals surface area contributed by atoms with Gasteiger partial charge in [0.15, 0.2) is 0 Å². The molecule has 1 aromatic rings. The van der Waals surface area contributed by atoms with E-state index in [0.717, 1.165) is 67.4 Å². The lowest BCUT2D eigenvalue weighted by atomic mass is 9.87. The number of carbonyl (C=O) groups is 2. The van der Waals surface area contributed by atoms with Crippen molar-refractivity contribution in [1.29, 1.82) is 0 Å². The monoisotopic (exact) mass is 348 g/mol. The van der Waals surface area contributed by atoms with E-state index in [1.54, 1.807) is 0 Å². The lowest BCUT2D eigenvalue weighted by Gasteiger charge is -2.22. The van der Waals surface area contributed by atoms with Crippen molar-refractivity contribution in [2.24, 2.45) is 11.3 Å². The molecule has 2 aliphatic heterocycles. The first-order chi connectivity index (χ1) is 11.5. The fraction of sp³-hybridized carbons (Fsp3) is 0.667. The molecule has 0 radical (unpaired) electrons. The Morgan fingerprint density at radius 3 is 2.75 bits per heavy atom. The number of thiophene rings is 1. The van der Waals surface area contributed by atoms with Crippen LogP contribution >= 0.6 is 11.3 Å². The molecule has 24 heavy (non-hydrogen) atoms. The molecule has 3 fully saturated rings. The predicted octanol–water partition coefficient (Wildman–Crippen LogP) is 2.97. The van der Waals surface area contributed by atoms with Crippen molar-refractivity contribution in [1.82, 2.24) is 4.90 Å². The molecule has 0 unspecified atom stereocenters. The molecule has 1 aromatic heterocycles. The molecule has 2 amide bonds. The number of rotatable bonds is 3. The average Bonchev–Trinajstić information content (AvgIpc) is 3.09. The minimum Gasteiger partial charge on any atom is -0.381 e. The van der Waals surface area contributed by atoms with Crippen LogP contribution in [0, 0.1) is 25.2 Å². The third-order valence-corrected chi connectivity index (χ3v) is 6.82. The van der Waals surface area contributed by atoms with Gasteiger partial charge >= 0.3 is 0 Å². The quantitative estimate of drug-likeness (QED) is 0.914. The first-order valence-corrected chi connectivity index (χ1v) is 9.59. The molecule has 1 aliphatic carbocycles. The molecular weight excluding hydrogens is 324 g/mol. The van der Waals surface area contributed by atoms with Crippen LogP contribution in [0.25, 0.3) is 0 Å². The fourth-order valence-corrected chi connectivity index (χ4v) is 4.83. The van der Waals surface area contributed by atoms with Crippen LogP contribution in [0.2, 0.25) is 0 Å². The van der Waals surface area contributed by atoms with Gasteiger partial charge in [0, 0.05) is 35.9 Å². The van der Waals surface area contributed by atoms with E-state index in [-0.39, 0.29) is 23.1 Å². The number of likely N-dealkylation sites (tertiary alicyclic amines) is 1. The highest BCUT2D eigenvalue weighted by molar-refractivity contribution is 7.16. The summed E-state index contributed by atoms with van der Waals surface area (Å²) in [6.45, 7) is 7.13. The molecule has 0 bridgehead atoms. The molecule has 3 heterocycles. The van der Waals surface area contributed by atoms with Gasteiger partial charge in [-0.15, -0.1) is 11.3 Å². The van der Waals surface area contributed by atoms with E-state index in [4.69, 9.17) is 4.74 Å². The largest absolute Gasteiger partial charge is 0.381 e. The Morgan fingerprint density at radius 2 is 2.08 bits per heavy atom. The Labute approximate surface area is 146 Å². The third kappa shape index (κ3) is 2.75. The summed E-state index contributed by atoms with van der Waals surface area (Å²) < 4.78 is 5.56. The Kier molecular flexibility index (Phi) is 3.92. The van der Waals surface area contributed by atoms with Gasteiger partial charge in [-0.25, -0.2) is 0 Å². The van der Waals surface area contributed by atoms with Crippen molar-refractivity contribution in [2.45, 2.75) is 39.5 Å². The molecule has 2 saturated heterocycles. The minimum absolute atomic E-state index is 0.0618. The molecule has 6 heteroatoms. The van der Waals surface area contributed by atoms with Crippen LogP contribution in [-0.4, -0.2) is 43.0 Å². The summed E-state index contributed by atoms with van der Waals surface area (Å²) in [5.74, 6) is 0.264. The molecule has 1 spiro atoms. The standard InChI is InChI=1S/C18H24N2O3S/c1-11-12(2)24-16(19-15(21)13-3-4-13)14(11)17(22)20-7-5-18(9-20)6-8-23-10-18/h13H,3-10H2,1-2H3,(H,19,21)/t18-/m0/s1. The summed E-state index contributed by atoms with van der Waals surface area (Å²) in [4.78, 5) is 28.4. The fourth-order valence-electron chi connectivity index (χ4n) is 3.77. The van der Waals surface area contributed by atoms with Crippen LogP contribution < -0.4 is 5.32 Å². The number of anilines is 1. The van der Waals surface area contributed by atoms with Crippen LogP contribution in [0.4, 0.5) is 5.00 Å². The third-order valence-electron chi connectivity index (χ3n) is 5.69. The highest BCUT2D eigenvalue weighted by atomic mass is 32.1. The number of hydrogen-bond donors (Lipinski definition) is 1. The van der Waals surface area contributed by atoms with Crippen LogP contribution in [0.3, 0.4) is 0 Å². The van der Waals surface area contributed by atoms with Gasteiger partial charge in [0.05, 0.1) is 12.2 Å². The maximum atomic E-state index is 13.1. The Morgan fingerprint density at radius 1 is 1.29 bits per heavy atom. The molecule has 4 rings (SSSR count). The molecule has 1 saturated carbocycles. The van der Waals surface area contributed by atoms with Crippen LogP contribution in [-0.2, 0) is 9.53 Å². The zero-order valence-corrected chi connectivity index (χ0v) is 15.1. The molecular formula is C18H24N2O3S. The van der Waals surface area contributed by atoms with E-state index in [0.29, 0.717) is 5.56 Å². The zero-order valence-electron chi connectivity index (χ0n) is 14.3. The summed E-state index contributed by atoms with van der Waals surface area (Å²) >= 11 is 1.52. The predicted molar refractivity (Wildman–Crippen MR) is 93.5 cm³/mol. The average molecular weight is 348 g/mol. The molecule has 5 nitrogen and oxygen atoms in total. The van der Waals surface area contributed by atoms with Gasteiger partial charge in [0.25, 0.3) is 5.91 Å². The maximum absolute atomic E-state index is 13.1. The second-order valence-corrected chi connectivity index (χ2v) is 8.75. The van der Waals surface area contributed by atoms with Gasteiger partial charge < -0.3 is 15.0 Å². The lowest BCUT2D eigenvalue weighted by molar-refractivity contribution is -0.117. The summed E-state index contributed by atoms with van der Waals surface area (Å²) in [6, 6.07) is 0. The van der Waals surface area contributed by atoms with Gasteiger partial charge in [0.2, 0.25) is 5.91 Å². The Bertz CT molecular complexity index is 687. The van der Waals surface area contributed by atoms with Crippen molar-refractivity contribution in [3.05, 3.63) is 16.0 Å². The van der Waals surface area contributed by atoms with Crippen LogP contribution in [0.1, 0.15) is 46.5 Å². The van der Waals surface area contributed by atoms with Gasteiger partial charge in [-0.3, -0.25) is 9.59 Å². The number of nitrogens with one attached hydrogen (secondary N) is 1. The number of amides is 2. The first-order valence-electron chi connectivity index (χ1n) is 8.77. The molecule has 3 aliphatic rings. The van der Waals surface area contributed by atoms with E-state index >= 15 is 0 Å². The van der Waals surface area contributed by atoms with Gasteiger partial charge in [0.1, 0.15) is 5.00 Å². The number of hydrogen-bond acceptors (Lipinski definition) is 4. The summed E-state index contributed by atoms with van der Waals surface area (Å²) in [5.41, 5.74) is 1.86. The second-order valence-electron chi connectivity index (χ2n) is 7.53. The van der Waals surface area contributed by atoms with E-state index < -0.39 is 0 Å². The molecule has 0 aromatic carbocycles. The van der Waals surface area contributed by atoms with Crippen molar-refractivity contribution < 1.29 is 14.3 Å². The summed E-state index contributed by atoms with van der Waals surface area (Å²) in [6.07, 6.45) is 3.99. The molecule has 1 N–H and O–H groups in total. The Hall–Kier alpha value is -1.40. The highest BCUT2D eigenvalue weighted by Gasteiger charge is 2.43. The Balaban J connectivity index is 1.56. The van der Waals surface area contributed by atoms with Crippen LogP contribution in [0.15, 0.2) is 0 Å². The van der Waals surface area contributed by atoms with Crippen molar-refractivity contribution in [2.75, 3.05) is 31.6 Å². The van der Waals surface area contributed by atoms with Gasteiger partial charge in [-0.2, -0.15) is 0 Å². The van der Waals surface area contributed by atoms with E-state index in [1.807, 2.05) is 18.7 Å². The normalized spacial score (nSPS) is 26.3.